The van der Waals surface area contributed by atoms with Crippen molar-refractivity contribution in [1.29, 1.82) is 0 Å². The molecule has 1 saturated carbocycles. The lowest BCUT2D eigenvalue weighted by atomic mass is 9.79. The van der Waals surface area contributed by atoms with Gasteiger partial charge in [-0.25, -0.2) is 0 Å². The number of hydrogen-bond acceptors (Lipinski definition) is 5. The van der Waals surface area contributed by atoms with Crippen LogP contribution in [0.1, 0.15) is 59.7 Å². The Bertz CT molecular complexity index is 1330. The number of non-ortho nitro benzene ring substituents is 1. The van der Waals surface area contributed by atoms with Crippen molar-refractivity contribution in [2.75, 3.05) is 12.4 Å². The minimum atomic E-state index is -0.515. The Kier molecular flexibility index (Phi) is 8.64. The van der Waals surface area contributed by atoms with Crippen molar-refractivity contribution in [2.45, 2.75) is 58.4 Å². The van der Waals surface area contributed by atoms with Gasteiger partial charge in [-0.2, -0.15) is 0 Å². The van der Waals surface area contributed by atoms with Crippen LogP contribution in [0.2, 0.25) is 0 Å². The van der Waals surface area contributed by atoms with E-state index in [-0.39, 0.29) is 28.6 Å². The first kappa shape index (κ1) is 27.8. The maximum absolute atomic E-state index is 13.5. The van der Waals surface area contributed by atoms with Gasteiger partial charge >= 0.3 is 0 Å². The van der Waals surface area contributed by atoms with E-state index in [9.17, 15) is 19.7 Å². The van der Waals surface area contributed by atoms with Crippen molar-refractivity contribution in [1.82, 2.24) is 5.32 Å². The minimum Gasteiger partial charge on any atom is -0.497 e. The van der Waals surface area contributed by atoms with Crippen molar-refractivity contribution < 1.29 is 19.2 Å². The molecule has 1 unspecified atom stereocenters. The van der Waals surface area contributed by atoms with Gasteiger partial charge in [0.2, 0.25) is 5.91 Å². The van der Waals surface area contributed by atoms with Crippen LogP contribution < -0.4 is 15.4 Å². The van der Waals surface area contributed by atoms with E-state index in [0.29, 0.717) is 24.1 Å². The summed E-state index contributed by atoms with van der Waals surface area (Å²) >= 11 is 0. The molecule has 3 aromatic carbocycles. The van der Waals surface area contributed by atoms with E-state index in [4.69, 9.17) is 4.74 Å². The molecule has 0 heterocycles. The summed E-state index contributed by atoms with van der Waals surface area (Å²) < 4.78 is 5.26. The SMILES string of the molecule is COc1ccc(CC2(C(=O)NC(C)Cc3ccc(NC(=O)c4cc([N+](=O)[O-])ccc4C)cc3)CCCC2)cc1. The number of aryl methyl sites for hydroxylation is 1. The number of amides is 2. The third-order valence-electron chi connectivity index (χ3n) is 7.55. The van der Waals surface area contributed by atoms with Gasteiger partial charge in [-0.15, -0.1) is 0 Å². The molecule has 2 N–H and O–H groups in total. The van der Waals surface area contributed by atoms with Gasteiger partial charge in [-0.1, -0.05) is 43.2 Å². The fraction of sp³-hybridized carbons (Fsp3) is 0.355. The van der Waals surface area contributed by atoms with E-state index in [0.717, 1.165) is 42.6 Å². The van der Waals surface area contributed by atoms with Crippen LogP contribution in [0.5, 0.6) is 5.75 Å². The molecule has 8 heteroatoms. The quantitative estimate of drug-likeness (QED) is 0.247. The lowest BCUT2D eigenvalue weighted by Crippen LogP contribution is -2.45. The van der Waals surface area contributed by atoms with Gasteiger partial charge in [-0.05, 0) is 80.5 Å². The number of anilines is 1. The molecule has 4 rings (SSSR count). The van der Waals surface area contributed by atoms with E-state index in [1.54, 1.807) is 32.2 Å². The number of ether oxygens (including phenoxy) is 1. The van der Waals surface area contributed by atoms with Crippen molar-refractivity contribution in [2.24, 2.45) is 5.41 Å². The summed E-state index contributed by atoms with van der Waals surface area (Å²) in [5, 5.41) is 17.1. The van der Waals surface area contributed by atoms with Gasteiger partial charge in [0.25, 0.3) is 11.6 Å². The molecule has 0 aromatic heterocycles. The summed E-state index contributed by atoms with van der Waals surface area (Å²) in [6.07, 6.45) is 5.25. The smallest absolute Gasteiger partial charge is 0.270 e. The molecule has 0 saturated heterocycles. The number of methoxy groups -OCH3 is 1. The largest absolute Gasteiger partial charge is 0.497 e. The van der Waals surface area contributed by atoms with Crippen LogP contribution >= 0.6 is 0 Å². The molecular weight excluding hydrogens is 494 g/mol. The van der Waals surface area contributed by atoms with Crippen LogP contribution in [0.4, 0.5) is 11.4 Å². The highest BCUT2D eigenvalue weighted by molar-refractivity contribution is 6.05. The second kappa shape index (κ2) is 12.1. The van der Waals surface area contributed by atoms with Gasteiger partial charge in [0.05, 0.1) is 17.4 Å². The number of hydrogen-bond donors (Lipinski definition) is 2. The average Bonchev–Trinajstić information content (AvgIpc) is 3.40. The normalized spacial score (nSPS) is 14.8. The Labute approximate surface area is 228 Å². The second-order valence-corrected chi connectivity index (χ2v) is 10.5. The van der Waals surface area contributed by atoms with Gasteiger partial charge in [0.1, 0.15) is 5.75 Å². The minimum absolute atomic E-state index is 0.0567. The summed E-state index contributed by atoms with van der Waals surface area (Å²) in [6.45, 7) is 3.75. The average molecular weight is 530 g/mol. The van der Waals surface area contributed by atoms with Crippen LogP contribution in [0.25, 0.3) is 0 Å². The number of carbonyl (C=O) groups is 2. The summed E-state index contributed by atoms with van der Waals surface area (Å²) in [4.78, 5) is 36.8. The number of nitro benzene ring substituents is 1. The monoisotopic (exact) mass is 529 g/mol. The van der Waals surface area contributed by atoms with Crippen LogP contribution in [0.15, 0.2) is 66.7 Å². The second-order valence-electron chi connectivity index (χ2n) is 10.5. The Morgan fingerprint density at radius 1 is 1.00 bits per heavy atom. The standard InChI is InChI=1S/C31H35N3O5/c1-21-6-13-26(34(37)38)19-28(21)29(35)33-25-11-7-23(8-12-25)18-22(2)32-30(36)31(16-4-5-17-31)20-24-9-14-27(39-3)15-10-24/h6-15,19,22H,4-5,16-18,20H2,1-3H3,(H,32,36)(H,33,35). The van der Waals surface area contributed by atoms with Crippen molar-refractivity contribution in [3.05, 3.63) is 99.1 Å². The van der Waals surface area contributed by atoms with E-state index in [1.165, 1.54) is 12.1 Å². The van der Waals surface area contributed by atoms with Crippen LogP contribution in [0, 0.1) is 22.5 Å². The Morgan fingerprint density at radius 3 is 2.26 bits per heavy atom. The number of carbonyl (C=O) groups excluding carboxylic acids is 2. The molecule has 0 aliphatic heterocycles. The third kappa shape index (κ3) is 6.82. The molecule has 39 heavy (non-hydrogen) atoms. The van der Waals surface area contributed by atoms with Gasteiger partial charge in [0.15, 0.2) is 0 Å². The number of benzene rings is 3. The van der Waals surface area contributed by atoms with Crippen LogP contribution in [-0.2, 0) is 17.6 Å². The topological polar surface area (TPSA) is 111 Å². The number of nitro groups is 1. The summed E-state index contributed by atoms with van der Waals surface area (Å²) in [7, 11) is 1.65. The molecule has 1 fully saturated rings. The number of nitrogens with zero attached hydrogens (tertiary/aromatic N) is 1. The summed E-state index contributed by atoms with van der Waals surface area (Å²) in [5.74, 6) is 0.518. The Balaban J connectivity index is 1.35. The van der Waals surface area contributed by atoms with E-state index in [1.807, 2.05) is 43.3 Å². The lowest BCUT2D eigenvalue weighted by molar-refractivity contribution is -0.384. The zero-order valence-corrected chi connectivity index (χ0v) is 22.7. The molecular formula is C31H35N3O5. The van der Waals surface area contributed by atoms with Gasteiger partial charge < -0.3 is 15.4 Å². The van der Waals surface area contributed by atoms with Crippen LogP contribution in [-0.4, -0.2) is 29.9 Å². The molecule has 1 aliphatic rings. The summed E-state index contributed by atoms with van der Waals surface area (Å²) in [6, 6.07) is 19.6. The zero-order chi connectivity index (χ0) is 28.0. The van der Waals surface area contributed by atoms with Gasteiger partial charge in [-0.3, -0.25) is 19.7 Å². The molecule has 2 amide bonds. The van der Waals surface area contributed by atoms with Crippen molar-refractivity contribution in [3.8, 4) is 5.75 Å². The Morgan fingerprint density at radius 2 is 1.64 bits per heavy atom. The fourth-order valence-electron chi connectivity index (χ4n) is 5.34. The van der Waals surface area contributed by atoms with E-state index < -0.39 is 10.8 Å². The molecule has 8 nitrogen and oxygen atoms in total. The first-order valence-electron chi connectivity index (χ1n) is 13.3. The van der Waals surface area contributed by atoms with E-state index >= 15 is 0 Å². The molecule has 1 atom stereocenters. The zero-order valence-electron chi connectivity index (χ0n) is 22.7. The predicted molar refractivity (Wildman–Crippen MR) is 151 cm³/mol. The highest BCUT2D eigenvalue weighted by Crippen LogP contribution is 2.41. The first-order chi connectivity index (χ1) is 18.7. The molecule has 0 spiro atoms. The van der Waals surface area contributed by atoms with Crippen LogP contribution in [0.3, 0.4) is 0 Å². The highest BCUT2D eigenvalue weighted by atomic mass is 16.6. The first-order valence-corrected chi connectivity index (χ1v) is 13.3. The maximum Gasteiger partial charge on any atom is 0.270 e. The van der Waals surface area contributed by atoms with E-state index in [2.05, 4.69) is 10.6 Å². The van der Waals surface area contributed by atoms with Crippen molar-refractivity contribution >= 4 is 23.2 Å². The fourth-order valence-corrected chi connectivity index (χ4v) is 5.34. The number of nitrogens with one attached hydrogen (secondary N) is 2. The molecule has 3 aromatic rings. The third-order valence-corrected chi connectivity index (χ3v) is 7.55. The van der Waals surface area contributed by atoms with Crippen molar-refractivity contribution in [3.63, 3.8) is 0 Å². The molecule has 1 aliphatic carbocycles. The highest BCUT2D eigenvalue weighted by Gasteiger charge is 2.41. The molecule has 204 valence electrons. The summed E-state index contributed by atoms with van der Waals surface area (Å²) in [5.41, 5.74) is 3.17. The van der Waals surface area contributed by atoms with Gasteiger partial charge in [0, 0.05) is 29.4 Å². The number of rotatable bonds is 10. The molecule has 0 bridgehead atoms. The predicted octanol–water partition coefficient (Wildman–Crippen LogP) is 6.01. The maximum atomic E-state index is 13.5. The lowest BCUT2D eigenvalue weighted by Gasteiger charge is -2.30. The molecule has 0 radical (unpaired) electrons. The Hall–Kier alpha value is -4.20.